The first-order valence-electron chi connectivity index (χ1n) is 4.13. The highest BCUT2D eigenvalue weighted by molar-refractivity contribution is 6.34. The first-order valence-corrected chi connectivity index (χ1v) is 4.13. The van der Waals surface area contributed by atoms with Crippen LogP contribution in [0.3, 0.4) is 0 Å². The van der Waals surface area contributed by atoms with Crippen LogP contribution in [0.1, 0.15) is 5.56 Å². The van der Waals surface area contributed by atoms with Crippen LogP contribution >= 0.6 is 0 Å². The zero-order chi connectivity index (χ0) is 10.1. The molecular weight excluding hydrogens is 179 g/mol. The standard InChI is InChI=1S/C10H7BO3/c11-8-3-1-2-6-4-7(10(12)13)5-14-9(6)8/h1-4H,5H2,(H,12,13). The van der Waals surface area contributed by atoms with E-state index in [-0.39, 0.29) is 12.2 Å². The van der Waals surface area contributed by atoms with Crippen molar-refractivity contribution in [3.05, 3.63) is 29.3 Å². The van der Waals surface area contributed by atoms with E-state index in [0.29, 0.717) is 16.8 Å². The fraction of sp³-hybridized carbons (Fsp3) is 0.100. The summed E-state index contributed by atoms with van der Waals surface area (Å²) in [6.45, 7) is 0.0660. The molecule has 0 spiro atoms. The monoisotopic (exact) mass is 186 g/mol. The largest absolute Gasteiger partial charge is 0.489 e. The van der Waals surface area contributed by atoms with Crippen molar-refractivity contribution in [2.24, 2.45) is 0 Å². The minimum absolute atomic E-state index is 0.0660. The van der Waals surface area contributed by atoms with Crippen LogP contribution in [0.5, 0.6) is 5.75 Å². The van der Waals surface area contributed by atoms with Crippen LogP contribution in [0.25, 0.3) is 6.08 Å². The molecule has 0 amide bonds. The third-order valence-corrected chi connectivity index (χ3v) is 2.05. The Morgan fingerprint density at radius 2 is 2.29 bits per heavy atom. The van der Waals surface area contributed by atoms with Gasteiger partial charge in [-0.1, -0.05) is 23.7 Å². The molecule has 3 nitrogen and oxygen atoms in total. The maximum absolute atomic E-state index is 10.7. The number of rotatable bonds is 1. The van der Waals surface area contributed by atoms with Gasteiger partial charge in [-0.15, -0.1) is 0 Å². The van der Waals surface area contributed by atoms with Crippen molar-refractivity contribution in [3.63, 3.8) is 0 Å². The minimum Gasteiger partial charge on any atom is -0.489 e. The highest BCUT2D eigenvalue weighted by Crippen LogP contribution is 2.23. The van der Waals surface area contributed by atoms with Crippen molar-refractivity contribution in [2.45, 2.75) is 0 Å². The Bertz CT molecular complexity index is 423. The second kappa shape index (κ2) is 3.22. The molecule has 0 aromatic heterocycles. The number of benzene rings is 1. The highest BCUT2D eigenvalue weighted by atomic mass is 16.5. The smallest absolute Gasteiger partial charge is 0.335 e. The van der Waals surface area contributed by atoms with E-state index in [0.717, 1.165) is 0 Å². The molecule has 1 heterocycles. The van der Waals surface area contributed by atoms with Crippen LogP contribution in [-0.4, -0.2) is 25.5 Å². The number of carbonyl (C=O) groups is 1. The summed E-state index contributed by atoms with van der Waals surface area (Å²) in [6.07, 6.45) is 1.58. The number of hydrogen-bond donors (Lipinski definition) is 1. The zero-order valence-electron chi connectivity index (χ0n) is 7.36. The molecule has 68 valence electrons. The van der Waals surface area contributed by atoms with Crippen molar-refractivity contribution in [1.82, 2.24) is 0 Å². The van der Waals surface area contributed by atoms with E-state index in [1.165, 1.54) is 0 Å². The Hall–Kier alpha value is -1.71. The Labute approximate surface area is 82.4 Å². The lowest BCUT2D eigenvalue weighted by Gasteiger charge is -2.17. The molecule has 1 N–H and O–H groups in total. The van der Waals surface area contributed by atoms with Gasteiger partial charge >= 0.3 is 5.97 Å². The summed E-state index contributed by atoms with van der Waals surface area (Å²) in [6, 6.07) is 5.26. The second-order valence-electron chi connectivity index (χ2n) is 3.03. The Balaban J connectivity index is 2.50. The summed E-state index contributed by atoms with van der Waals surface area (Å²) in [5.74, 6) is -0.393. The topological polar surface area (TPSA) is 46.5 Å². The van der Waals surface area contributed by atoms with Gasteiger partial charge in [-0.2, -0.15) is 0 Å². The fourth-order valence-electron chi connectivity index (χ4n) is 1.36. The molecule has 1 aromatic carbocycles. The van der Waals surface area contributed by atoms with Crippen molar-refractivity contribution in [2.75, 3.05) is 6.61 Å². The summed E-state index contributed by atoms with van der Waals surface area (Å²) in [5.41, 5.74) is 1.49. The first-order chi connectivity index (χ1) is 6.68. The maximum Gasteiger partial charge on any atom is 0.335 e. The fourth-order valence-corrected chi connectivity index (χ4v) is 1.36. The SMILES string of the molecule is [B]c1cccc2c1OCC(C(=O)O)=C2. The summed E-state index contributed by atoms with van der Waals surface area (Å²) >= 11 is 0. The van der Waals surface area contributed by atoms with Gasteiger partial charge in [0.1, 0.15) is 20.2 Å². The Morgan fingerprint density at radius 1 is 1.50 bits per heavy atom. The normalized spacial score (nSPS) is 13.9. The quantitative estimate of drug-likeness (QED) is 0.643. The van der Waals surface area contributed by atoms with E-state index < -0.39 is 5.97 Å². The van der Waals surface area contributed by atoms with Gasteiger partial charge in [0.2, 0.25) is 0 Å². The van der Waals surface area contributed by atoms with Crippen molar-refractivity contribution in [1.29, 1.82) is 0 Å². The van der Waals surface area contributed by atoms with E-state index in [1.807, 2.05) is 0 Å². The molecule has 4 heteroatoms. The van der Waals surface area contributed by atoms with Gasteiger partial charge in [0, 0.05) is 5.56 Å². The Morgan fingerprint density at radius 3 is 3.00 bits per heavy atom. The van der Waals surface area contributed by atoms with Crippen LogP contribution in [0, 0.1) is 0 Å². The number of para-hydroxylation sites is 1. The predicted octanol–water partition coefficient (Wildman–Crippen LogP) is 0.341. The molecule has 1 aliphatic heterocycles. The first kappa shape index (κ1) is 8.87. The molecule has 0 fully saturated rings. The van der Waals surface area contributed by atoms with Gasteiger partial charge in [-0.05, 0) is 6.08 Å². The van der Waals surface area contributed by atoms with Crippen molar-refractivity contribution >= 4 is 25.4 Å². The molecule has 1 aromatic rings. The summed E-state index contributed by atoms with van der Waals surface area (Å²) in [5, 5.41) is 8.75. The van der Waals surface area contributed by atoms with Gasteiger partial charge in [-0.25, -0.2) is 4.79 Å². The van der Waals surface area contributed by atoms with Gasteiger partial charge < -0.3 is 9.84 Å². The van der Waals surface area contributed by atoms with E-state index in [9.17, 15) is 4.79 Å². The van der Waals surface area contributed by atoms with E-state index in [1.54, 1.807) is 24.3 Å². The number of carboxylic acids is 1. The number of hydrogen-bond acceptors (Lipinski definition) is 2. The number of ether oxygens (including phenoxy) is 1. The lowest BCUT2D eigenvalue weighted by molar-refractivity contribution is -0.132. The lowest BCUT2D eigenvalue weighted by Crippen LogP contribution is -2.19. The molecule has 0 saturated carbocycles. The molecule has 0 bridgehead atoms. The molecule has 0 saturated heterocycles. The number of carboxylic acid groups (broad SMARTS) is 1. The molecule has 1 aliphatic rings. The second-order valence-corrected chi connectivity index (χ2v) is 3.03. The third-order valence-electron chi connectivity index (χ3n) is 2.05. The van der Waals surface area contributed by atoms with E-state index >= 15 is 0 Å². The third kappa shape index (κ3) is 1.39. The van der Waals surface area contributed by atoms with Crippen molar-refractivity contribution in [3.8, 4) is 5.75 Å². The zero-order valence-corrected chi connectivity index (χ0v) is 7.36. The molecule has 2 rings (SSSR count). The van der Waals surface area contributed by atoms with E-state index in [4.69, 9.17) is 17.7 Å². The molecule has 0 aliphatic carbocycles. The number of aliphatic carboxylic acids is 1. The number of fused-ring (bicyclic) bond motifs is 1. The van der Waals surface area contributed by atoms with Gasteiger partial charge in [0.15, 0.2) is 0 Å². The molecular formula is C10H7BO3. The summed E-state index contributed by atoms with van der Waals surface area (Å²) in [4.78, 5) is 10.7. The average molecular weight is 186 g/mol. The lowest BCUT2D eigenvalue weighted by atomic mass is 9.91. The average Bonchev–Trinajstić information content (AvgIpc) is 2.17. The van der Waals surface area contributed by atoms with Crippen LogP contribution in [0.15, 0.2) is 23.8 Å². The Kier molecular flexibility index (Phi) is 2.04. The van der Waals surface area contributed by atoms with Gasteiger partial charge in [-0.3, -0.25) is 0 Å². The molecule has 0 atom stereocenters. The summed E-state index contributed by atoms with van der Waals surface area (Å²) in [7, 11) is 5.66. The van der Waals surface area contributed by atoms with Crippen molar-refractivity contribution < 1.29 is 14.6 Å². The molecule has 14 heavy (non-hydrogen) atoms. The van der Waals surface area contributed by atoms with Gasteiger partial charge in [0.05, 0.1) is 5.57 Å². The van der Waals surface area contributed by atoms with Crippen LogP contribution in [-0.2, 0) is 4.79 Å². The summed E-state index contributed by atoms with van der Waals surface area (Å²) < 4.78 is 5.25. The highest BCUT2D eigenvalue weighted by Gasteiger charge is 2.16. The van der Waals surface area contributed by atoms with Crippen LogP contribution in [0.2, 0.25) is 0 Å². The predicted molar refractivity (Wildman–Crippen MR) is 52.9 cm³/mol. The van der Waals surface area contributed by atoms with Gasteiger partial charge in [0.25, 0.3) is 0 Å². The maximum atomic E-state index is 10.7. The molecule has 2 radical (unpaired) electrons. The van der Waals surface area contributed by atoms with Crippen LogP contribution in [0.4, 0.5) is 0 Å². The van der Waals surface area contributed by atoms with E-state index in [2.05, 4.69) is 0 Å². The van der Waals surface area contributed by atoms with Crippen LogP contribution < -0.4 is 10.2 Å². The molecule has 0 unspecified atom stereocenters. The minimum atomic E-state index is -0.960.